The van der Waals surface area contributed by atoms with Gasteiger partial charge in [0.2, 0.25) is 6.79 Å². The molecule has 0 spiro atoms. The minimum atomic E-state index is -0.422. The van der Waals surface area contributed by atoms with E-state index in [1.807, 2.05) is 0 Å². The van der Waals surface area contributed by atoms with E-state index >= 15 is 0 Å². The van der Waals surface area contributed by atoms with Crippen LogP contribution in [0.25, 0.3) is 0 Å². The first-order chi connectivity index (χ1) is 10.7. The number of carbonyl (C=O) groups is 1. The molecule has 0 aromatic heterocycles. The molecule has 0 saturated carbocycles. The van der Waals surface area contributed by atoms with Crippen LogP contribution in [0.4, 0.5) is 0 Å². The highest BCUT2D eigenvalue weighted by Gasteiger charge is 2.17. The van der Waals surface area contributed by atoms with Crippen LogP contribution in [-0.4, -0.2) is 17.9 Å². The molecule has 0 saturated heterocycles. The number of esters is 1. The standard InChI is InChI=1S/C16H13BrO5/c17-13-6-15-14(21-9-22-15)5-12(13)8-20-16(19)11-3-1-10(7-18)2-4-11/h1-6,18H,7-9H2. The van der Waals surface area contributed by atoms with Crippen molar-refractivity contribution in [3.05, 3.63) is 57.6 Å². The number of fused-ring (bicyclic) bond motifs is 1. The van der Waals surface area contributed by atoms with Gasteiger partial charge in [0, 0.05) is 10.0 Å². The third-order valence-corrected chi connectivity index (χ3v) is 4.01. The van der Waals surface area contributed by atoms with Gasteiger partial charge in [0.15, 0.2) is 11.5 Å². The van der Waals surface area contributed by atoms with Crippen LogP contribution in [-0.2, 0) is 18.0 Å². The predicted molar refractivity (Wildman–Crippen MR) is 81.7 cm³/mol. The van der Waals surface area contributed by atoms with Crippen molar-refractivity contribution in [2.45, 2.75) is 13.2 Å². The fourth-order valence-corrected chi connectivity index (χ4v) is 2.48. The topological polar surface area (TPSA) is 65.0 Å². The SMILES string of the molecule is O=C(OCc1cc2c(cc1Br)OCO2)c1ccc(CO)cc1. The van der Waals surface area contributed by atoms with E-state index in [4.69, 9.17) is 19.3 Å². The summed E-state index contributed by atoms with van der Waals surface area (Å²) in [6.45, 7) is 0.263. The maximum Gasteiger partial charge on any atom is 0.338 e. The second kappa shape index (κ2) is 6.37. The fraction of sp³-hybridized carbons (Fsp3) is 0.188. The number of aliphatic hydroxyl groups excluding tert-OH is 1. The Kier molecular flexibility index (Phi) is 4.31. The summed E-state index contributed by atoms with van der Waals surface area (Å²) in [7, 11) is 0. The monoisotopic (exact) mass is 364 g/mol. The van der Waals surface area contributed by atoms with Gasteiger partial charge in [-0.2, -0.15) is 0 Å². The van der Waals surface area contributed by atoms with E-state index in [1.165, 1.54) is 0 Å². The minimum absolute atomic E-state index is 0.0561. The zero-order valence-corrected chi connectivity index (χ0v) is 13.1. The van der Waals surface area contributed by atoms with E-state index in [1.54, 1.807) is 36.4 Å². The quantitative estimate of drug-likeness (QED) is 0.844. The van der Waals surface area contributed by atoms with Gasteiger partial charge < -0.3 is 19.3 Å². The average Bonchev–Trinajstić information content (AvgIpc) is 2.99. The molecule has 1 N–H and O–H groups in total. The second-order valence-corrected chi connectivity index (χ2v) is 5.58. The van der Waals surface area contributed by atoms with Gasteiger partial charge in [0.1, 0.15) is 6.61 Å². The van der Waals surface area contributed by atoms with E-state index in [-0.39, 0.29) is 20.0 Å². The van der Waals surface area contributed by atoms with Crippen LogP contribution in [0.5, 0.6) is 11.5 Å². The second-order valence-electron chi connectivity index (χ2n) is 4.73. The summed E-state index contributed by atoms with van der Waals surface area (Å²) < 4.78 is 16.7. The highest BCUT2D eigenvalue weighted by Crippen LogP contribution is 2.37. The molecule has 2 aromatic carbocycles. The highest BCUT2D eigenvalue weighted by atomic mass is 79.9. The summed E-state index contributed by atoms with van der Waals surface area (Å²) in [6.07, 6.45) is 0. The Morgan fingerprint density at radius 2 is 1.86 bits per heavy atom. The van der Waals surface area contributed by atoms with Crippen LogP contribution in [0.1, 0.15) is 21.5 Å². The fourth-order valence-electron chi connectivity index (χ4n) is 2.04. The van der Waals surface area contributed by atoms with Gasteiger partial charge in [-0.05, 0) is 29.8 Å². The molecular weight excluding hydrogens is 352 g/mol. The minimum Gasteiger partial charge on any atom is -0.457 e. The van der Waals surface area contributed by atoms with Crippen molar-refractivity contribution in [1.82, 2.24) is 0 Å². The van der Waals surface area contributed by atoms with Gasteiger partial charge in [-0.3, -0.25) is 0 Å². The molecular formula is C16H13BrO5. The third kappa shape index (κ3) is 3.08. The van der Waals surface area contributed by atoms with Gasteiger partial charge in [-0.25, -0.2) is 4.79 Å². The lowest BCUT2D eigenvalue weighted by Crippen LogP contribution is -2.05. The molecule has 1 heterocycles. The summed E-state index contributed by atoms with van der Waals surface area (Å²) in [5, 5.41) is 8.98. The summed E-state index contributed by atoms with van der Waals surface area (Å²) >= 11 is 3.42. The molecule has 114 valence electrons. The zero-order valence-electron chi connectivity index (χ0n) is 11.5. The normalized spacial score (nSPS) is 12.3. The van der Waals surface area contributed by atoms with Crippen molar-refractivity contribution in [3.8, 4) is 11.5 Å². The molecule has 1 aliphatic heterocycles. The Morgan fingerprint density at radius 3 is 2.55 bits per heavy atom. The van der Waals surface area contributed by atoms with Crippen molar-refractivity contribution >= 4 is 21.9 Å². The zero-order chi connectivity index (χ0) is 15.5. The molecule has 6 heteroatoms. The Morgan fingerprint density at radius 1 is 1.18 bits per heavy atom. The van der Waals surface area contributed by atoms with Gasteiger partial charge in [-0.1, -0.05) is 28.1 Å². The number of benzene rings is 2. The van der Waals surface area contributed by atoms with Crippen LogP contribution < -0.4 is 9.47 Å². The Balaban J connectivity index is 1.68. The van der Waals surface area contributed by atoms with E-state index in [0.29, 0.717) is 17.1 Å². The number of carbonyl (C=O) groups excluding carboxylic acids is 1. The third-order valence-electron chi connectivity index (χ3n) is 3.27. The molecule has 2 aromatic rings. The molecule has 0 aliphatic carbocycles. The Hall–Kier alpha value is -2.05. The van der Waals surface area contributed by atoms with Crippen molar-refractivity contribution in [2.24, 2.45) is 0 Å². The molecule has 0 atom stereocenters. The highest BCUT2D eigenvalue weighted by molar-refractivity contribution is 9.10. The Labute approximate surface area is 135 Å². The number of ether oxygens (including phenoxy) is 3. The number of hydrogen-bond donors (Lipinski definition) is 1. The molecule has 5 nitrogen and oxygen atoms in total. The average molecular weight is 365 g/mol. The van der Waals surface area contributed by atoms with Gasteiger partial charge >= 0.3 is 5.97 Å². The lowest BCUT2D eigenvalue weighted by Gasteiger charge is -2.08. The molecule has 0 fully saturated rings. The molecule has 0 amide bonds. The number of hydrogen-bond acceptors (Lipinski definition) is 5. The van der Waals surface area contributed by atoms with Crippen molar-refractivity contribution < 1.29 is 24.1 Å². The summed E-state index contributed by atoms with van der Waals surface area (Å²) in [4.78, 5) is 12.0. The summed E-state index contributed by atoms with van der Waals surface area (Å²) in [5.74, 6) is 0.886. The molecule has 1 aliphatic rings. The number of rotatable bonds is 4. The van der Waals surface area contributed by atoms with E-state index in [0.717, 1.165) is 15.6 Å². The van der Waals surface area contributed by atoms with Crippen LogP contribution in [0.15, 0.2) is 40.9 Å². The largest absolute Gasteiger partial charge is 0.457 e. The molecule has 3 rings (SSSR count). The molecule has 0 unspecified atom stereocenters. The smallest absolute Gasteiger partial charge is 0.338 e. The lowest BCUT2D eigenvalue weighted by atomic mass is 10.1. The maximum absolute atomic E-state index is 12.0. The molecule has 0 bridgehead atoms. The van der Waals surface area contributed by atoms with E-state index < -0.39 is 5.97 Å². The molecule has 0 radical (unpaired) electrons. The van der Waals surface area contributed by atoms with Gasteiger partial charge in [0.05, 0.1) is 12.2 Å². The van der Waals surface area contributed by atoms with Crippen LogP contribution >= 0.6 is 15.9 Å². The first kappa shape index (κ1) is 14.9. The van der Waals surface area contributed by atoms with Crippen LogP contribution in [0, 0.1) is 0 Å². The van der Waals surface area contributed by atoms with Crippen LogP contribution in [0.2, 0.25) is 0 Å². The van der Waals surface area contributed by atoms with E-state index in [2.05, 4.69) is 15.9 Å². The van der Waals surface area contributed by atoms with Gasteiger partial charge in [0.25, 0.3) is 0 Å². The number of aliphatic hydroxyl groups is 1. The van der Waals surface area contributed by atoms with Gasteiger partial charge in [-0.15, -0.1) is 0 Å². The summed E-state index contributed by atoms with van der Waals surface area (Å²) in [6, 6.07) is 10.2. The maximum atomic E-state index is 12.0. The first-order valence-electron chi connectivity index (χ1n) is 6.62. The van der Waals surface area contributed by atoms with Crippen molar-refractivity contribution in [1.29, 1.82) is 0 Å². The predicted octanol–water partition coefficient (Wildman–Crippen LogP) is 3.03. The lowest BCUT2D eigenvalue weighted by molar-refractivity contribution is 0.0471. The first-order valence-corrected chi connectivity index (χ1v) is 7.41. The van der Waals surface area contributed by atoms with Crippen LogP contribution in [0.3, 0.4) is 0 Å². The number of halogens is 1. The van der Waals surface area contributed by atoms with E-state index in [9.17, 15) is 4.79 Å². The van der Waals surface area contributed by atoms with Crippen molar-refractivity contribution in [2.75, 3.05) is 6.79 Å². The summed E-state index contributed by atoms with van der Waals surface area (Å²) in [5.41, 5.74) is 1.98. The van der Waals surface area contributed by atoms with Crippen molar-refractivity contribution in [3.63, 3.8) is 0 Å². The Bertz CT molecular complexity index is 696. The molecule has 22 heavy (non-hydrogen) atoms.